The number of amides is 3. The van der Waals surface area contributed by atoms with Crippen molar-refractivity contribution in [3.63, 3.8) is 0 Å². The molecule has 2 rings (SSSR count). The number of nitrogens with one attached hydrogen (secondary N) is 2. The Morgan fingerprint density at radius 1 is 1.19 bits per heavy atom. The molecule has 1 aliphatic heterocycles. The van der Waals surface area contributed by atoms with Crippen LogP contribution in [-0.2, 0) is 9.53 Å². The zero-order chi connectivity index (χ0) is 19.2. The molecule has 0 unspecified atom stereocenters. The third-order valence-electron chi connectivity index (χ3n) is 3.95. The van der Waals surface area contributed by atoms with Crippen LogP contribution in [0.5, 0.6) is 0 Å². The quantitative estimate of drug-likeness (QED) is 0.800. The predicted molar refractivity (Wildman–Crippen MR) is 95.0 cm³/mol. The van der Waals surface area contributed by atoms with Gasteiger partial charge in [-0.2, -0.15) is 0 Å². The predicted octanol–water partition coefficient (Wildman–Crippen LogP) is 1.88. The summed E-state index contributed by atoms with van der Waals surface area (Å²) < 4.78 is 5.35. The second-order valence-corrected chi connectivity index (χ2v) is 7.33. The first-order valence-corrected chi connectivity index (χ1v) is 8.73. The highest BCUT2D eigenvalue weighted by Gasteiger charge is 2.27. The highest BCUT2D eigenvalue weighted by atomic mass is 16.6. The molecular formula is C18H26N4O4. The molecule has 2 heterocycles. The molecule has 0 aliphatic carbocycles. The third-order valence-corrected chi connectivity index (χ3v) is 3.95. The fourth-order valence-electron chi connectivity index (χ4n) is 2.65. The Morgan fingerprint density at radius 3 is 2.46 bits per heavy atom. The van der Waals surface area contributed by atoms with Crippen molar-refractivity contribution in [2.75, 3.05) is 13.1 Å². The number of ether oxygens (including phenoxy) is 1. The maximum absolute atomic E-state index is 12.0. The van der Waals surface area contributed by atoms with E-state index in [4.69, 9.17) is 4.74 Å². The maximum atomic E-state index is 12.0. The first kappa shape index (κ1) is 19.7. The minimum Gasteiger partial charge on any atom is -0.444 e. The minimum atomic E-state index is -0.514. The van der Waals surface area contributed by atoms with Crippen LogP contribution in [0.15, 0.2) is 24.4 Å². The van der Waals surface area contributed by atoms with E-state index in [0.717, 1.165) is 12.8 Å². The van der Waals surface area contributed by atoms with Crippen LogP contribution in [0.4, 0.5) is 4.79 Å². The third kappa shape index (κ3) is 6.34. The van der Waals surface area contributed by atoms with Gasteiger partial charge in [-0.3, -0.25) is 25.4 Å². The average Bonchev–Trinajstić information content (AvgIpc) is 2.59. The molecule has 1 saturated heterocycles. The molecule has 1 aromatic heterocycles. The molecule has 0 saturated carbocycles. The van der Waals surface area contributed by atoms with Crippen molar-refractivity contribution >= 4 is 17.9 Å². The van der Waals surface area contributed by atoms with Gasteiger partial charge in [-0.05, 0) is 51.7 Å². The molecule has 0 aromatic carbocycles. The Kier molecular flexibility index (Phi) is 6.54. The van der Waals surface area contributed by atoms with Gasteiger partial charge in [0, 0.05) is 25.7 Å². The van der Waals surface area contributed by atoms with Gasteiger partial charge in [0.05, 0.1) is 0 Å². The smallest absolute Gasteiger partial charge is 0.410 e. The van der Waals surface area contributed by atoms with E-state index >= 15 is 0 Å². The molecule has 0 spiro atoms. The number of piperidine rings is 1. The number of nitrogens with zero attached hydrogens (tertiary/aromatic N) is 2. The van der Waals surface area contributed by atoms with E-state index in [9.17, 15) is 14.4 Å². The van der Waals surface area contributed by atoms with Gasteiger partial charge in [0.2, 0.25) is 5.91 Å². The number of rotatable bonds is 3. The first-order valence-electron chi connectivity index (χ1n) is 8.73. The van der Waals surface area contributed by atoms with Gasteiger partial charge in [0.1, 0.15) is 11.3 Å². The zero-order valence-electron chi connectivity index (χ0n) is 15.4. The summed E-state index contributed by atoms with van der Waals surface area (Å²) in [6.07, 6.45) is 2.93. The summed E-state index contributed by atoms with van der Waals surface area (Å²) in [7, 11) is 0. The van der Waals surface area contributed by atoms with Gasteiger partial charge in [-0.25, -0.2) is 4.79 Å². The molecule has 1 fully saturated rings. The van der Waals surface area contributed by atoms with Gasteiger partial charge in [0.15, 0.2) is 0 Å². The van der Waals surface area contributed by atoms with E-state index in [2.05, 4.69) is 15.8 Å². The number of carbonyl (C=O) groups excluding carboxylic acids is 3. The maximum Gasteiger partial charge on any atom is 0.410 e. The van der Waals surface area contributed by atoms with E-state index in [1.165, 1.54) is 6.20 Å². The zero-order valence-corrected chi connectivity index (χ0v) is 15.4. The normalized spacial score (nSPS) is 15.3. The Hall–Kier alpha value is -2.64. The van der Waals surface area contributed by atoms with Gasteiger partial charge < -0.3 is 9.64 Å². The number of aromatic nitrogens is 1. The highest BCUT2D eigenvalue weighted by Crippen LogP contribution is 2.22. The number of likely N-dealkylation sites (tertiary alicyclic amines) is 1. The Balaban J connectivity index is 1.69. The van der Waals surface area contributed by atoms with E-state index in [0.29, 0.717) is 19.5 Å². The fourth-order valence-corrected chi connectivity index (χ4v) is 2.65. The fraction of sp³-hybridized carbons (Fsp3) is 0.556. The van der Waals surface area contributed by atoms with Crippen LogP contribution in [0, 0.1) is 5.92 Å². The lowest BCUT2D eigenvalue weighted by Crippen LogP contribution is -2.44. The number of hydrogen-bond donors (Lipinski definition) is 2. The summed E-state index contributed by atoms with van der Waals surface area (Å²) >= 11 is 0. The van der Waals surface area contributed by atoms with Crippen molar-refractivity contribution < 1.29 is 19.1 Å². The minimum absolute atomic E-state index is 0.167. The van der Waals surface area contributed by atoms with Crippen LogP contribution >= 0.6 is 0 Å². The number of pyridine rings is 1. The molecule has 8 nitrogen and oxygen atoms in total. The SMILES string of the molecule is CC(C)(C)OC(=O)N1CCC(CC(=O)NNC(=O)c2ccccn2)CC1. The largest absolute Gasteiger partial charge is 0.444 e. The first-order chi connectivity index (χ1) is 12.2. The number of carbonyl (C=O) groups is 3. The standard InChI is InChI=1S/C18H26N4O4/c1-18(2,3)26-17(25)22-10-7-13(8-11-22)12-15(23)20-21-16(24)14-6-4-5-9-19-14/h4-6,9,13H,7-8,10-12H2,1-3H3,(H,20,23)(H,21,24). The van der Waals surface area contributed by atoms with Crippen LogP contribution in [0.1, 0.15) is 50.5 Å². The van der Waals surface area contributed by atoms with Crippen LogP contribution in [0.25, 0.3) is 0 Å². The molecule has 1 aliphatic rings. The molecule has 3 amide bonds. The lowest BCUT2D eigenvalue weighted by Gasteiger charge is -2.33. The summed E-state index contributed by atoms with van der Waals surface area (Å²) in [5.41, 5.74) is 4.49. The molecule has 2 N–H and O–H groups in total. The van der Waals surface area contributed by atoms with Crippen molar-refractivity contribution in [3.05, 3.63) is 30.1 Å². The van der Waals surface area contributed by atoms with Gasteiger partial charge in [0.25, 0.3) is 5.91 Å². The summed E-state index contributed by atoms with van der Waals surface area (Å²) in [5, 5.41) is 0. The van der Waals surface area contributed by atoms with Crippen molar-refractivity contribution in [3.8, 4) is 0 Å². The van der Waals surface area contributed by atoms with E-state index in [1.54, 1.807) is 23.1 Å². The Morgan fingerprint density at radius 2 is 1.88 bits per heavy atom. The summed E-state index contributed by atoms with van der Waals surface area (Å²) in [6, 6.07) is 4.97. The molecular weight excluding hydrogens is 336 g/mol. The van der Waals surface area contributed by atoms with Crippen LogP contribution in [-0.4, -0.2) is 46.5 Å². The molecule has 0 bridgehead atoms. The van der Waals surface area contributed by atoms with Crippen LogP contribution < -0.4 is 10.9 Å². The lowest BCUT2D eigenvalue weighted by atomic mass is 9.93. The molecule has 0 atom stereocenters. The second-order valence-electron chi connectivity index (χ2n) is 7.33. The van der Waals surface area contributed by atoms with E-state index in [1.807, 2.05) is 20.8 Å². The van der Waals surface area contributed by atoms with E-state index in [-0.39, 0.29) is 23.6 Å². The summed E-state index contributed by atoms with van der Waals surface area (Å²) in [5.74, 6) is -0.552. The topological polar surface area (TPSA) is 101 Å². The van der Waals surface area contributed by atoms with Crippen LogP contribution in [0.2, 0.25) is 0 Å². The Labute approximate surface area is 153 Å². The number of hydrogen-bond acceptors (Lipinski definition) is 5. The summed E-state index contributed by atoms with van der Waals surface area (Å²) in [6.45, 7) is 6.63. The van der Waals surface area contributed by atoms with Crippen LogP contribution in [0.3, 0.4) is 0 Å². The highest BCUT2D eigenvalue weighted by molar-refractivity contribution is 5.93. The van der Waals surface area contributed by atoms with Crippen molar-refractivity contribution in [2.24, 2.45) is 5.92 Å². The Bertz CT molecular complexity index is 634. The van der Waals surface area contributed by atoms with Gasteiger partial charge >= 0.3 is 6.09 Å². The molecule has 26 heavy (non-hydrogen) atoms. The summed E-state index contributed by atoms with van der Waals surface area (Å²) in [4.78, 5) is 41.4. The lowest BCUT2D eigenvalue weighted by molar-refractivity contribution is -0.123. The van der Waals surface area contributed by atoms with Gasteiger partial charge in [-0.1, -0.05) is 6.07 Å². The molecule has 1 aromatic rings. The molecule has 8 heteroatoms. The van der Waals surface area contributed by atoms with Crippen molar-refractivity contribution in [1.82, 2.24) is 20.7 Å². The molecule has 0 radical (unpaired) electrons. The number of hydrazine groups is 1. The van der Waals surface area contributed by atoms with E-state index < -0.39 is 11.5 Å². The van der Waals surface area contributed by atoms with Crippen molar-refractivity contribution in [2.45, 2.75) is 45.6 Å². The van der Waals surface area contributed by atoms with Gasteiger partial charge in [-0.15, -0.1) is 0 Å². The second kappa shape index (κ2) is 8.64. The molecule has 142 valence electrons. The average molecular weight is 362 g/mol. The monoisotopic (exact) mass is 362 g/mol. The van der Waals surface area contributed by atoms with Crippen molar-refractivity contribution in [1.29, 1.82) is 0 Å².